The molecule has 0 spiro atoms. The normalized spacial score (nSPS) is 11.6. The molecule has 1 heteroatoms. The molecule has 2 aromatic rings. The van der Waals surface area contributed by atoms with Crippen LogP contribution < -0.4 is 0 Å². The number of hydrogen-bond acceptors (Lipinski definition) is 0. The largest absolute Gasteiger partial charge is 0.358 e. The molecule has 0 aromatic heterocycles. The van der Waals surface area contributed by atoms with Crippen LogP contribution in [-0.2, 0) is 45.1 Å². The topological polar surface area (TPSA) is 0 Å². The summed E-state index contributed by atoms with van der Waals surface area (Å²) in [5.74, 6) is 0. The van der Waals surface area contributed by atoms with E-state index in [9.17, 15) is 0 Å². The zero-order valence-electron chi connectivity index (χ0n) is 17.1. The van der Waals surface area contributed by atoms with Crippen molar-refractivity contribution in [3.63, 3.8) is 0 Å². The van der Waals surface area contributed by atoms with E-state index in [4.69, 9.17) is 0 Å². The van der Waals surface area contributed by atoms with Gasteiger partial charge in [0, 0.05) is 25.8 Å². The van der Waals surface area contributed by atoms with Gasteiger partial charge < -0.3 is 37.1 Å². The van der Waals surface area contributed by atoms with Gasteiger partial charge in [0.2, 0.25) is 0 Å². The maximum absolute atomic E-state index is 3.52. The van der Waals surface area contributed by atoms with Gasteiger partial charge in [-0.1, -0.05) is 31.0 Å². The van der Waals surface area contributed by atoms with E-state index in [2.05, 4.69) is 25.1 Å². The first-order valence-corrected chi connectivity index (χ1v) is 7.30. The third kappa shape index (κ3) is 7.13. The summed E-state index contributed by atoms with van der Waals surface area (Å²) >= 11 is 0. The molecule has 0 saturated carbocycles. The van der Waals surface area contributed by atoms with Crippen LogP contribution in [0.2, 0.25) is 0 Å². The van der Waals surface area contributed by atoms with Crippen molar-refractivity contribution in [3.05, 3.63) is 108 Å². The quantitative estimate of drug-likeness (QED) is 0.292. The number of benzene rings is 1. The van der Waals surface area contributed by atoms with E-state index in [0.29, 0.717) is 0 Å². The SMILES string of the molecule is CCC1=[C-]Cc2ccc3c(c21)CCC3.[CH3-].[CH3-].[CH3-].[CH3-].[CH3-].[Hf].c1cc[cH-]c1. The van der Waals surface area contributed by atoms with Crippen LogP contribution in [0, 0.1) is 43.2 Å². The average Bonchev–Trinajstić information content (AvgIpc) is 3.19. The molecular formula is C24H35Hf-7. The molecule has 4 rings (SSSR count). The number of rotatable bonds is 1. The van der Waals surface area contributed by atoms with Crippen LogP contribution in [0.25, 0.3) is 5.57 Å². The van der Waals surface area contributed by atoms with Crippen molar-refractivity contribution in [2.45, 2.75) is 39.0 Å². The van der Waals surface area contributed by atoms with E-state index in [0.717, 1.165) is 12.8 Å². The summed E-state index contributed by atoms with van der Waals surface area (Å²) in [5, 5.41) is 0. The van der Waals surface area contributed by atoms with Crippen molar-refractivity contribution in [1.82, 2.24) is 0 Å². The number of allylic oxidation sites excluding steroid dienone is 2. The molecule has 0 heterocycles. The molecule has 0 amide bonds. The monoisotopic (exact) mass is 503 g/mol. The predicted molar refractivity (Wildman–Crippen MR) is 113 cm³/mol. The van der Waals surface area contributed by atoms with Gasteiger partial charge >= 0.3 is 0 Å². The number of hydrogen-bond donors (Lipinski definition) is 0. The van der Waals surface area contributed by atoms with Crippen LogP contribution in [0.5, 0.6) is 0 Å². The predicted octanol–water partition coefficient (Wildman–Crippen LogP) is 6.98. The van der Waals surface area contributed by atoms with Gasteiger partial charge in [0.25, 0.3) is 0 Å². The smallest absolute Gasteiger partial charge is 0 e. The van der Waals surface area contributed by atoms with Gasteiger partial charge in [0.05, 0.1) is 0 Å². The maximum Gasteiger partial charge on any atom is 0 e. The second kappa shape index (κ2) is 15.4. The van der Waals surface area contributed by atoms with Gasteiger partial charge in [-0.3, -0.25) is 6.08 Å². The van der Waals surface area contributed by atoms with E-state index < -0.39 is 0 Å². The van der Waals surface area contributed by atoms with Gasteiger partial charge in [-0.2, -0.15) is 23.8 Å². The summed E-state index contributed by atoms with van der Waals surface area (Å²) in [6, 6.07) is 14.6. The molecule has 0 saturated heterocycles. The molecule has 0 fully saturated rings. The Morgan fingerprint density at radius 1 is 0.920 bits per heavy atom. The molecule has 0 nitrogen and oxygen atoms in total. The summed E-state index contributed by atoms with van der Waals surface area (Å²) in [7, 11) is 0. The summed E-state index contributed by atoms with van der Waals surface area (Å²) in [5.41, 5.74) is 7.80. The van der Waals surface area contributed by atoms with Crippen molar-refractivity contribution >= 4 is 5.57 Å². The van der Waals surface area contributed by atoms with Crippen LogP contribution in [0.15, 0.2) is 42.5 Å². The summed E-state index contributed by atoms with van der Waals surface area (Å²) in [4.78, 5) is 0. The molecule has 25 heavy (non-hydrogen) atoms. The van der Waals surface area contributed by atoms with Crippen LogP contribution in [0.3, 0.4) is 0 Å². The number of aryl methyl sites for hydroxylation is 1. The third-order valence-corrected chi connectivity index (χ3v) is 4.07. The van der Waals surface area contributed by atoms with Gasteiger partial charge in [-0.25, -0.2) is 17.7 Å². The summed E-state index contributed by atoms with van der Waals surface area (Å²) in [6.07, 6.45) is 9.64. The molecule has 0 unspecified atom stereocenters. The minimum absolute atomic E-state index is 0. The maximum atomic E-state index is 3.52. The number of fused-ring (bicyclic) bond motifs is 3. The summed E-state index contributed by atoms with van der Waals surface area (Å²) < 4.78 is 0. The second-order valence-electron chi connectivity index (χ2n) is 5.24. The van der Waals surface area contributed by atoms with Crippen LogP contribution in [0.4, 0.5) is 0 Å². The Morgan fingerprint density at radius 2 is 1.52 bits per heavy atom. The first-order chi connectivity index (χ1) is 9.40. The minimum atomic E-state index is 0. The first-order valence-electron chi connectivity index (χ1n) is 7.30. The summed E-state index contributed by atoms with van der Waals surface area (Å²) in [6.45, 7) is 2.24. The first kappa shape index (κ1) is 31.9. The fraction of sp³-hybridized carbons (Fsp3) is 0.250. The van der Waals surface area contributed by atoms with E-state index in [1.807, 2.05) is 30.3 Å². The van der Waals surface area contributed by atoms with Crippen LogP contribution in [-0.4, -0.2) is 0 Å². The fourth-order valence-corrected chi connectivity index (χ4v) is 3.15. The molecule has 2 aliphatic rings. The molecule has 0 atom stereocenters. The van der Waals surface area contributed by atoms with E-state index >= 15 is 0 Å². The Morgan fingerprint density at radius 3 is 2.04 bits per heavy atom. The van der Waals surface area contributed by atoms with Gasteiger partial charge in [0.15, 0.2) is 0 Å². The van der Waals surface area contributed by atoms with Crippen molar-refractivity contribution in [2.24, 2.45) is 0 Å². The Hall–Kier alpha value is -0.820. The van der Waals surface area contributed by atoms with E-state index in [-0.39, 0.29) is 63.0 Å². The van der Waals surface area contributed by atoms with Crippen LogP contribution in [0.1, 0.15) is 42.0 Å². The average molecular weight is 502 g/mol. The zero-order valence-corrected chi connectivity index (χ0v) is 20.7. The van der Waals surface area contributed by atoms with Crippen molar-refractivity contribution in [3.8, 4) is 0 Å². The molecule has 0 aliphatic heterocycles. The molecule has 142 valence electrons. The van der Waals surface area contributed by atoms with Gasteiger partial charge in [-0.15, -0.1) is 17.5 Å². The van der Waals surface area contributed by atoms with Gasteiger partial charge in [-0.05, 0) is 19.3 Å². The minimum Gasteiger partial charge on any atom is -0.358 e. The van der Waals surface area contributed by atoms with Crippen LogP contribution >= 0.6 is 0 Å². The van der Waals surface area contributed by atoms with E-state index in [1.165, 1.54) is 30.4 Å². The second-order valence-corrected chi connectivity index (χ2v) is 5.24. The standard InChI is InChI=1S/C14H15.C5H5.5CH3.Hf/c1-2-10-6-8-12-9-7-11-4-3-5-13(11)14(10)12;1-2-4-5-3-1;;;;;;/h7,9H,2-5,8H2,1H3;1-5H;5*1H3;/q7*-1;. The Labute approximate surface area is 177 Å². The molecule has 2 aliphatic carbocycles. The zero-order chi connectivity index (χ0) is 13.1. The molecular weight excluding hydrogens is 467 g/mol. The molecule has 0 N–H and O–H groups in total. The fourth-order valence-electron chi connectivity index (χ4n) is 3.15. The molecule has 2 aromatic carbocycles. The Balaban J connectivity index is -0.000000179. The molecule has 0 bridgehead atoms. The van der Waals surface area contributed by atoms with Crippen molar-refractivity contribution in [1.29, 1.82) is 0 Å². The Bertz CT molecular complexity index is 559. The van der Waals surface area contributed by atoms with Crippen molar-refractivity contribution in [2.75, 3.05) is 0 Å². The Kier molecular flexibility index (Phi) is 19.7. The molecule has 0 radical (unpaired) electrons. The van der Waals surface area contributed by atoms with Gasteiger partial charge in [0.1, 0.15) is 0 Å². The third-order valence-electron chi connectivity index (χ3n) is 4.07. The van der Waals surface area contributed by atoms with Crippen molar-refractivity contribution < 1.29 is 25.8 Å². The van der Waals surface area contributed by atoms with E-state index in [1.54, 1.807) is 16.7 Å².